The zero-order valence-electron chi connectivity index (χ0n) is 11.1. The second-order valence-electron chi connectivity index (χ2n) is 4.24. The van der Waals surface area contributed by atoms with E-state index in [0.29, 0.717) is 0 Å². The molecule has 2 aromatic carbocycles. The average Bonchev–Trinajstić information content (AvgIpc) is 2.48. The topological polar surface area (TPSA) is 70.6 Å². The maximum absolute atomic E-state index is 11.7. The molecule has 0 saturated carbocycles. The minimum absolute atomic E-state index is 0.161. The molecule has 0 bridgehead atoms. The van der Waals surface area contributed by atoms with Gasteiger partial charge in [0.2, 0.25) is 5.91 Å². The summed E-state index contributed by atoms with van der Waals surface area (Å²) in [5, 5.41) is 9.16. The summed E-state index contributed by atoms with van der Waals surface area (Å²) in [5.74, 6) is 0.781. The van der Waals surface area contributed by atoms with Crippen molar-refractivity contribution in [3.8, 4) is 11.5 Å². The van der Waals surface area contributed by atoms with Crippen LogP contribution in [-0.2, 0) is 11.2 Å². The number of anilines is 1. The molecule has 0 spiro atoms. The van der Waals surface area contributed by atoms with Crippen LogP contribution < -0.4 is 15.6 Å². The Bertz CT molecular complexity index is 565. The van der Waals surface area contributed by atoms with E-state index in [1.807, 2.05) is 0 Å². The average molecular weight is 272 g/mol. The van der Waals surface area contributed by atoms with Crippen molar-refractivity contribution in [2.75, 3.05) is 12.5 Å². The van der Waals surface area contributed by atoms with Gasteiger partial charge in [-0.2, -0.15) is 0 Å². The molecule has 0 aliphatic carbocycles. The van der Waals surface area contributed by atoms with Crippen LogP contribution in [0.5, 0.6) is 11.5 Å². The molecule has 2 aromatic rings. The number of ether oxygens (including phenoxy) is 1. The van der Waals surface area contributed by atoms with E-state index in [-0.39, 0.29) is 18.1 Å². The molecule has 1 amide bonds. The number of phenolic OH excluding ortho intramolecular Hbond substituents is 1. The molecule has 104 valence electrons. The number of nitrogens with one attached hydrogen (secondary N) is 2. The Morgan fingerprint density at radius 1 is 1.10 bits per heavy atom. The van der Waals surface area contributed by atoms with Crippen LogP contribution in [0, 0.1) is 0 Å². The van der Waals surface area contributed by atoms with Crippen LogP contribution in [0.4, 0.5) is 5.69 Å². The largest absolute Gasteiger partial charge is 0.508 e. The molecule has 0 atom stereocenters. The van der Waals surface area contributed by atoms with Gasteiger partial charge in [0.05, 0.1) is 19.2 Å². The zero-order valence-corrected chi connectivity index (χ0v) is 11.1. The number of benzene rings is 2. The molecule has 0 aromatic heterocycles. The van der Waals surface area contributed by atoms with Gasteiger partial charge in [-0.1, -0.05) is 12.1 Å². The van der Waals surface area contributed by atoms with E-state index in [1.54, 1.807) is 55.6 Å². The van der Waals surface area contributed by atoms with Crippen molar-refractivity contribution in [2.45, 2.75) is 6.42 Å². The lowest BCUT2D eigenvalue weighted by molar-refractivity contribution is -0.119. The van der Waals surface area contributed by atoms with Gasteiger partial charge in [-0.3, -0.25) is 15.6 Å². The molecular weight excluding hydrogens is 256 g/mol. The number of amides is 1. The summed E-state index contributed by atoms with van der Waals surface area (Å²) in [7, 11) is 1.60. The molecule has 0 heterocycles. The highest BCUT2D eigenvalue weighted by Gasteiger charge is 2.03. The first-order valence-electron chi connectivity index (χ1n) is 6.14. The van der Waals surface area contributed by atoms with Gasteiger partial charge in [-0.05, 0) is 42.0 Å². The Morgan fingerprint density at radius 3 is 2.35 bits per heavy atom. The van der Waals surface area contributed by atoms with E-state index in [0.717, 1.165) is 17.0 Å². The molecule has 5 heteroatoms. The minimum Gasteiger partial charge on any atom is -0.508 e. The third-order valence-electron chi connectivity index (χ3n) is 2.74. The van der Waals surface area contributed by atoms with Gasteiger partial charge >= 0.3 is 0 Å². The molecule has 20 heavy (non-hydrogen) atoms. The van der Waals surface area contributed by atoms with Gasteiger partial charge in [0.15, 0.2) is 0 Å². The molecule has 3 N–H and O–H groups in total. The molecule has 0 saturated heterocycles. The Kier molecular flexibility index (Phi) is 4.44. The lowest BCUT2D eigenvalue weighted by atomic mass is 10.1. The number of rotatable bonds is 5. The van der Waals surface area contributed by atoms with Crippen molar-refractivity contribution in [1.82, 2.24) is 5.43 Å². The second-order valence-corrected chi connectivity index (χ2v) is 4.24. The van der Waals surface area contributed by atoms with Crippen molar-refractivity contribution in [2.24, 2.45) is 0 Å². The highest BCUT2D eigenvalue weighted by Crippen LogP contribution is 2.14. The second kappa shape index (κ2) is 6.47. The minimum atomic E-state index is -0.161. The van der Waals surface area contributed by atoms with Gasteiger partial charge in [0.25, 0.3) is 0 Å². The van der Waals surface area contributed by atoms with Crippen molar-refractivity contribution in [1.29, 1.82) is 0 Å². The number of aromatic hydroxyl groups is 1. The Balaban J connectivity index is 1.83. The summed E-state index contributed by atoms with van der Waals surface area (Å²) >= 11 is 0. The van der Waals surface area contributed by atoms with Crippen LogP contribution in [0.25, 0.3) is 0 Å². The molecule has 2 rings (SSSR count). The zero-order chi connectivity index (χ0) is 14.4. The van der Waals surface area contributed by atoms with Gasteiger partial charge in [0.1, 0.15) is 11.5 Å². The third-order valence-corrected chi connectivity index (χ3v) is 2.74. The molecule has 0 radical (unpaired) electrons. The predicted octanol–water partition coefficient (Wildman–Crippen LogP) is 2.09. The highest BCUT2D eigenvalue weighted by atomic mass is 16.5. The van der Waals surface area contributed by atoms with Crippen LogP contribution in [0.2, 0.25) is 0 Å². The fraction of sp³-hybridized carbons (Fsp3) is 0.133. The van der Waals surface area contributed by atoms with E-state index in [1.165, 1.54) is 0 Å². The number of phenols is 1. The van der Waals surface area contributed by atoms with Gasteiger partial charge in [-0.25, -0.2) is 0 Å². The summed E-state index contributed by atoms with van der Waals surface area (Å²) in [6, 6.07) is 13.7. The summed E-state index contributed by atoms with van der Waals surface area (Å²) < 4.78 is 5.05. The molecule has 0 aliphatic rings. The van der Waals surface area contributed by atoms with Crippen molar-refractivity contribution in [3.05, 3.63) is 54.1 Å². The monoisotopic (exact) mass is 272 g/mol. The van der Waals surface area contributed by atoms with Crippen LogP contribution in [-0.4, -0.2) is 18.1 Å². The summed E-state index contributed by atoms with van der Waals surface area (Å²) in [6.07, 6.45) is 0.240. The summed E-state index contributed by atoms with van der Waals surface area (Å²) in [5.41, 5.74) is 7.03. The Morgan fingerprint density at radius 2 is 1.75 bits per heavy atom. The van der Waals surface area contributed by atoms with Crippen LogP contribution >= 0.6 is 0 Å². The van der Waals surface area contributed by atoms with E-state index in [4.69, 9.17) is 9.84 Å². The number of carbonyl (C=O) groups excluding carboxylic acids is 1. The molecule has 5 nitrogen and oxygen atoms in total. The van der Waals surface area contributed by atoms with Crippen molar-refractivity contribution >= 4 is 11.6 Å². The SMILES string of the molecule is COc1ccc(NNC(=O)Cc2ccc(O)cc2)cc1. The first-order valence-corrected chi connectivity index (χ1v) is 6.14. The molecule has 0 aliphatic heterocycles. The van der Waals surface area contributed by atoms with E-state index < -0.39 is 0 Å². The maximum atomic E-state index is 11.7. The lowest BCUT2D eigenvalue weighted by Crippen LogP contribution is -2.30. The van der Waals surface area contributed by atoms with Gasteiger partial charge < -0.3 is 9.84 Å². The highest BCUT2D eigenvalue weighted by molar-refractivity contribution is 5.79. The van der Waals surface area contributed by atoms with Crippen molar-refractivity contribution < 1.29 is 14.6 Å². The Hall–Kier alpha value is -2.69. The fourth-order valence-corrected chi connectivity index (χ4v) is 1.66. The fourth-order valence-electron chi connectivity index (χ4n) is 1.66. The number of hydrogen-bond acceptors (Lipinski definition) is 4. The van der Waals surface area contributed by atoms with Gasteiger partial charge in [-0.15, -0.1) is 0 Å². The van der Waals surface area contributed by atoms with Crippen LogP contribution in [0.1, 0.15) is 5.56 Å². The Labute approximate surface area is 117 Å². The normalized spacial score (nSPS) is 9.85. The number of methoxy groups -OCH3 is 1. The van der Waals surface area contributed by atoms with Crippen molar-refractivity contribution in [3.63, 3.8) is 0 Å². The lowest BCUT2D eigenvalue weighted by Gasteiger charge is -2.09. The van der Waals surface area contributed by atoms with E-state index in [2.05, 4.69) is 10.9 Å². The van der Waals surface area contributed by atoms with Gasteiger partial charge in [0, 0.05) is 0 Å². The number of hydrogen-bond donors (Lipinski definition) is 3. The maximum Gasteiger partial charge on any atom is 0.242 e. The molecule has 0 fully saturated rings. The van der Waals surface area contributed by atoms with Crippen LogP contribution in [0.3, 0.4) is 0 Å². The standard InChI is InChI=1S/C15H16N2O3/c1-20-14-8-4-12(5-9-14)16-17-15(19)10-11-2-6-13(18)7-3-11/h2-9,16,18H,10H2,1H3,(H,17,19). The molecular formula is C15H16N2O3. The number of hydrazine groups is 1. The summed E-state index contributed by atoms with van der Waals surface area (Å²) in [4.78, 5) is 11.7. The first-order chi connectivity index (χ1) is 9.67. The summed E-state index contributed by atoms with van der Waals surface area (Å²) in [6.45, 7) is 0. The first kappa shape index (κ1) is 13.7. The third kappa shape index (κ3) is 3.91. The van der Waals surface area contributed by atoms with E-state index in [9.17, 15) is 4.79 Å². The number of carbonyl (C=O) groups is 1. The molecule has 0 unspecified atom stereocenters. The van der Waals surface area contributed by atoms with Crippen LogP contribution in [0.15, 0.2) is 48.5 Å². The predicted molar refractivity (Wildman–Crippen MR) is 76.6 cm³/mol. The smallest absolute Gasteiger partial charge is 0.242 e. The quantitative estimate of drug-likeness (QED) is 0.729. The van der Waals surface area contributed by atoms with E-state index >= 15 is 0 Å².